The molecule has 3 rings (SSSR count). The fourth-order valence-electron chi connectivity index (χ4n) is 3.68. The molecule has 0 bridgehead atoms. The van der Waals surface area contributed by atoms with Gasteiger partial charge in [-0.1, -0.05) is 20.8 Å². The maximum absolute atomic E-state index is 12.9. The smallest absolute Gasteiger partial charge is 0.154 e. The molecule has 1 N–H and O–H groups in total. The van der Waals surface area contributed by atoms with Crippen LogP contribution in [0, 0.1) is 5.41 Å². The topological polar surface area (TPSA) is 45.3 Å². The summed E-state index contributed by atoms with van der Waals surface area (Å²) in [5, 5.41) is 1.12. The van der Waals surface area contributed by atoms with Gasteiger partial charge in [0.25, 0.3) is 0 Å². The highest BCUT2D eigenvalue weighted by Gasteiger charge is 2.31. The Kier molecular flexibility index (Phi) is 5.19. The van der Waals surface area contributed by atoms with Crippen LogP contribution in [0.25, 0.3) is 10.9 Å². The van der Waals surface area contributed by atoms with Gasteiger partial charge in [0.2, 0.25) is 0 Å². The Labute approximate surface area is 150 Å². The molecule has 0 amide bonds. The number of likely N-dealkylation sites (tertiary alicyclic amines) is 1. The molecule has 1 aliphatic rings. The van der Waals surface area contributed by atoms with Crippen molar-refractivity contribution in [1.29, 1.82) is 0 Å². The predicted molar refractivity (Wildman–Crippen MR) is 102 cm³/mol. The molecule has 25 heavy (non-hydrogen) atoms. The third-order valence-corrected chi connectivity index (χ3v) is 5.22. The van der Waals surface area contributed by atoms with Crippen LogP contribution in [0.1, 0.15) is 45.6 Å². The maximum atomic E-state index is 12.9. The molecule has 136 valence electrons. The Morgan fingerprint density at radius 3 is 2.88 bits per heavy atom. The van der Waals surface area contributed by atoms with Crippen LogP contribution in [0.4, 0.5) is 0 Å². The molecule has 0 radical (unpaired) electrons. The van der Waals surface area contributed by atoms with Crippen molar-refractivity contribution in [2.75, 3.05) is 20.2 Å². The number of nitrogens with one attached hydrogen (secondary N) is 1. The number of hydrogen-bond acceptors (Lipinski definition) is 3. The van der Waals surface area contributed by atoms with Crippen LogP contribution < -0.4 is 4.74 Å². The lowest BCUT2D eigenvalue weighted by molar-refractivity contribution is -0.122. The molecule has 0 aliphatic carbocycles. The molecule has 1 unspecified atom stereocenters. The Bertz CT molecular complexity index is 742. The first-order valence-electron chi connectivity index (χ1n) is 9.28. The Balaban J connectivity index is 1.69. The third kappa shape index (κ3) is 4.24. The normalized spacial score (nSPS) is 18.8. The van der Waals surface area contributed by atoms with Crippen molar-refractivity contribution in [1.82, 2.24) is 9.88 Å². The number of nitrogens with zero attached hydrogens (tertiary/aromatic N) is 1. The standard InChI is InChI=1S/C21H30N2O2/c1-21(2,3)9-11-23-10-5-6-19(23)20(24)12-15-14-22-18-13-16(25-4)7-8-17(15)18/h7-8,13-14,19,22H,5-6,9-12H2,1-4H3. The zero-order valence-corrected chi connectivity index (χ0v) is 15.9. The van der Waals surface area contributed by atoms with Gasteiger partial charge in [0, 0.05) is 29.6 Å². The minimum Gasteiger partial charge on any atom is -0.497 e. The average molecular weight is 342 g/mol. The van der Waals surface area contributed by atoms with Crippen LogP contribution >= 0.6 is 0 Å². The summed E-state index contributed by atoms with van der Waals surface area (Å²) in [5.74, 6) is 1.18. The van der Waals surface area contributed by atoms with Crippen molar-refractivity contribution < 1.29 is 9.53 Å². The Hall–Kier alpha value is -1.81. The number of Topliss-reactive ketones (excluding diaryl/α,β-unsaturated/α-hetero) is 1. The van der Waals surface area contributed by atoms with E-state index in [-0.39, 0.29) is 6.04 Å². The number of hydrogen-bond donors (Lipinski definition) is 1. The number of H-pyrrole nitrogens is 1. The van der Waals surface area contributed by atoms with Gasteiger partial charge < -0.3 is 9.72 Å². The number of benzene rings is 1. The lowest BCUT2D eigenvalue weighted by Gasteiger charge is -2.27. The van der Waals surface area contributed by atoms with Gasteiger partial charge >= 0.3 is 0 Å². The minimum atomic E-state index is 0.0885. The van der Waals surface area contributed by atoms with Crippen molar-refractivity contribution in [2.45, 2.75) is 52.5 Å². The van der Waals surface area contributed by atoms with E-state index in [0.717, 1.165) is 54.6 Å². The second-order valence-corrected chi connectivity index (χ2v) is 8.37. The molecule has 1 saturated heterocycles. The van der Waals surface area contributed by atoms with Gasteiger partial charge in [-0.2, -0.15) is 0 Å². The quantitative estimate of drug-likeness (QED) is 0.856. The highest BCUT2D eigenvalue weighted by atomic mass is 16.5. The Morgan fingerprint density at radius 2 is 2.16 bits per heavy atom. The fourth-order valence-corrected chi connectivity index (χ4v) is 3.68. The van der Waals surface area contributed by atoms with Crippen LogP contribution in [0.2, 0.25) is 0 Å². The fraction of sp³-hybridized carbons (Fsp3) is 0.571. The SMILES string of the molecule is COc1ccc2c(CC(=O)C3CCCN3CCC(C)(C)C)c[nH]c2c1. The molecule has 4 heteroatoms. The Morgan fingerprint density at radius 1 is 1.36 bits per heavy atom. The molecular formula is C21H30N2O2. The van der Waals surface area contributed by atoms with E-state index in [0.29, 0.717) is 17.6 Å². The number of fused-ring (bicyclic) bond motifs is 1. The van der Waals surface area contributed by atoms with Crippen molar-refractivity contribution in [3.63, 3.8) is 0 Å². The summed E-state index contributed by atoms with van der Waals surface area (Å²) in [6.07, 6.45) is 5.73. The highest BCUT2D eigenvalue weighted by molar-refractivity contribution is 5.92. The van der Waals surface area contributed by atoms with Gasteiger partial charge in [0.05, 0.1) is 13.2 Å². The van der Waals surface area contributed by atoms with Crippen LogP contribution in [0.3, 0.4) is 0 Å². The van der Waals surface area contributed by atoms with E-state index in [9.17, 15) is 4.79 Å². The van der Waals surface area contributed by atoms with E-state index in [1.807, 2.05) is 24.4 Å². The van der Waals surface area contributed by atoms with Crippen LogP contribution in [0.5, 0.6) is 5.75 Å². The van der Waals surface area contributed by atoms with Gasteiger partial charge in [-0.15, -0.1) is 0 Å². The lowest BCUT2D eigenvalue weighted by atomic mass is 9.92. The van der Waals surface area contributed by atoms with Crippen molar-refractivity contribution in [2.24, 2.45) is 5.41 Å². The van der Waals surface area contributed by atoms with E-state index in [2.05, 4.69) is 30.7 Å². The molecule has 1 aromatic heterocycles. The van der Waals surface area contributed by atoms with Crippen molar-refractivity contribution in [3.05, 3.63) is 30.0 Å². The summed E-state index contributed by atoms with van der Waals surface area (Å²) in [4.78, 5) is 18.6. The first-order valence-corrected chi connectivity index (χ1v) is 9.28. The number of ketones is 1. The van der Waals surface area contributed by atoms with Gasteiger partial charge in [0.1, 0.15) is 5.75 Å². The number of ether oxygens (including phenoxy) is 1. The summed E-state index contributed by atoms with van der Waals surface area (Å²) in [6.45, 7) is 8.86. The number of aromatic amines is 1. The lowest BCUT2D eigenvalue weighted by Crippen LogP contribution is -2.38. The molecule has 2 heterocycles. The summed E-state index contributed by atoms with van der Waals surface area (Å²) in [5.41, 5.74) is 2.43. The largest absolute Gasteiger partial charge is 0.497 e. The summed E-state index contributed by atoms with van der Waals surface area (Å²) < 4.78 is 5.27. The summed E-state index contributed by atoms with van der Waals surface area (Å²) >= 11 is 0. The first kappa shape index (κ1) is 18.0. The molecule has 1 aliphatic heterocycles. The maximum Gasteiger partial charge on any atom is 0.154 e. The monoisotopic (exact) mass is 342 g/mol. The van der Waals surface area contributed by atoms with Gasteiger partial charge in [0.15, 0.2) is 5.78 Å². The van der Waals surface area contributed by atoms with Crippen LogP contribution in [-0.2, 0) is 11.2 Å². The molecule has 1 fully saturated rings. The molecule has 1 atom stereocenters. The second kappa shape index (κ2) is 7.20. The zero-order chi connectivity index (χ0) is 18.0. The third-order valence-electron chi connectivity index (χ3n) is 5.22. The number of aromatic nitrogens is 1. The van der Waals surface area contributed by atoms with E-state index < -0.39 is 0 Å². The zero-order valence-electron chi connectivity index (χ0n) is 15.9. The van der Waals surface area contributed by atoms with E-state index in [4.69, 9.17) is 4.74 Å². The second-order valence-electron chi connectivity index (χ2n) is 8.37. The first-order chi connectivity index (χ1) is 11.9. The molecule has 0 spiro atoms. The van der Waals surface area contributed by atoms with E-state index >= 15 is 0 Å². The van der Waals surface area contributed by atoms with E-state index in [1.165, 1.54) is 0 Å². The van der Waals surface area contributed by atoms with Crippen LogP contribution in [0.15, 0.2) is 24.4 Å². The highest BCUT2D eigenvalue weighted by Crippen LogP contribution is 2.27. The molecular weight excluding hydrogens is 312 g/mol. The van der Waals surface area contributed by atoms with Gasteiger partial charge in [-0.05, 0) is 55.5 Å². The summed E-state index contributed by atoms with van der Waals surface area (Å²) in [6, 6.07) is 6.06. The van der Waals surface area contributed by atoms with Crippen LogP contribution in [-0.4, -0.2) is 41.9 Å². The molecule has 4 nitrogen and oxygen atoms in total. The minimum absolute atomic E-state index is 0.0885. The summed E-state index contributed by atoms with van der Waals surface area (Å²) in [7, 11) is 1.67. The van der Waals surface area contributed by atoms with E-state index in [1.54, 1.807) is 7.11 Å². The van der Waals surface area contributed by atoms with Gasteiger partial charge in [-0.25, -0.2) is 0 Å². The number of carbonyl (C=O) groups excluding carboxylic acids is 1. The number of rotatable bonds is 6. The molecule has 2 aromatic rings. The number of carbonyl (C=O) groups is 1. The average Bonchev–Trinajstić information content (AvgIpc) is 3.18. The molecule has 1 aromatic carbocycles. The van der Waals surface area contributed by atoms with Gasteiger partial charge in [-0.3, -0.25) is 9.69 Å². The van der Waals surface area contributed by atoms with Crippen molar-refractivity contribution >= 4 is 16.7 Å². The predicted octanol–water partition coefficient (Wildman–Crippen LogP) is 4.19. The van der Waals surface area contributed by atoms with Crippen molar-refractivity contribution in [3.8, 4) is 5.75 Å². The number of methoxy groups -OCH3 is 1. The molecule has 0 saturated carbocycles.